The van der Waals surface area contributed by atoms with Crippen LogP contribution in [0.1, 0.15) is 243 Å². The van der Waals surface area contributed by atoms with Gasteiger partial charge in [-0.15, -0.1) is 0 Å². The molecule has 6 aliphatic heterocycles. The number of fused-ring (bicyclic) bond motifs is 6. The van der Waals surface area contributed by atoms with E-state index in [0.717, 1.165) is 195 Å². The third-order valence-electron chi connectivity index (χ3n) is 22.3. The molecule has 28 heteroatoms. The van der Waals surface area contributed by atoms with Crippen LogP contribution in [0, 0.1) is 59.8 Å². The topological polar surface area (TPSA) is 239 Å². The molecule has 6 heterocycles. The zero-order chi connectivity index (χ0) is 91.3. The fourth-order valence-electron chi connectivity index (χ4n) is 14.5. The normalized spacial score (nSPS) is 18.2. The highest BCUT2D eigenvalue weighted by Gasteiger charge is 2.46. The number of alkyl carbamates (subject to hydrolysis) is 1. The number of nitrogens with zero attached hydrogens (tertiary/aromatic N) is 7. The van der Waals surface area contributed by atoms with E-state index in [4.69, 9.17) is 51.6 Å². The molecule has 0 aliphatic carbocycles. The Balaban J connectivity index is 0.000000204. The predicted octanol–water partition coefficient (Wildman–Crippen LogP) is 22.4. The number of benzene rings is 6. The minimum atomic E-state index is -4.52. The molecule has 6 aliphatic rings. The van der Waals surface area contributed by atoms with Crippen molar-refractivity contribution in [1.29, 1.82) is 5.26 Å². The van der Waals surface area contributed by atoms with Crippen LogP contribution in [0.5, 0.6) is 34.5 Å². The molecule has 5 unspecified atom stereocenters. The van der Waals surface area contributed by atoms with Gasteiger partial charge in [0, 0.05) is 78.5 Å². The molecule has 7 amide bonds. The second-order valence-electron chi connectivity index (χ2n) is 32.6. The fourth-order valence-corrected chi connectivity index (χ4v) is 15.2. The van der Waals surface area contributed by atoms with Crippen molar-refractivity contribution in [2.24, 2.45) is 0 Å². The largest absolute Gasteiger partial charge is 0.479 e. The Morgan fingerprint density at radius 1 is 0.463 bits per heavy atom. The second-order valence-corrected chi connectivity index (χ2v) is 34.2. The number of alkyl halides is 3. The number of unbranched alkanes of at least 4 members (excludes halogenated alkanes) is 9. The Labute approximate surface area is 744 Å². The van der Waals surface area contributed by atoms with Crippen molar-refractivity contribution in [1.82, 2.24) is 5.32 Å². The van der Waals surface area contributed by atoms with E-state index in [-0.39, 0.29) is 71.8 Å². The van der Waals surface area contributed by atoms with Crippen LogP contribution in [-0.2, 0) is 39.7 Å². The van der Waals surface area contributed by atoms with Crippen molar-refractivity contribution in [3.63, 3.8) is 0 Å². The molecule has 22 nitrogen and oxygen atoms in total. The number of hydrogen-bond donors (Lipinski definition) is 1. The van der Waals surface area contributed by atoms with Gasteiger partial charge in [0.1, 0.15) is 34.5 Å². The number of aryl methyl sites for hydroxylation is 7. The molecule has 0 bridgehead atoms. The molecule has 0 fully saturated rings. The number of carbonyl (C=O) groups is 7. The molecular weight excluding hydrogens is 1680 g/mol. The van der Waals surface area contributed by atoms with E-state index in [1.165, 1.54) is 50.0 Å². The molecule has 1 N–H and O–H groups in total. The van der Waals surface area contributed by atoms with Gasteiger partial charge < -0.3 is 67.9 Å². The Kier molecular flexibility index (Phi) is 37.2. The number of halogens is 6. The molecule has 0 aromatic heterocycles. The van der Waals surface area contributed by atoms with E-state index in [1.54, 1.807) is 13.0 Å². The first-order valence-corrected chi connectivity index (χ1v) is 44.7. The summed E-state index contributed by atoms with van der Waals surface area (Å²) in [7, 11) is 1.20. The SMILES string of the molecule is CCCCCN1C(=O)C(C)(CC)Oc2cc(C#N)c(C)cc21.CCCCCN1C(=O)C(C)Oc2cc(Br)c(C)cc21.CCCCCN1C(=O)C(C)Oc2cc(C)c(C)cc21.CCCCCN1C(=O)C(C)Oc2cc(Cl)c(C)cc21.CCCCN1C(=O)C(CC)Oc2cc(Cl)c(C)cc21.COC(=O)NCCN1C(=O)C(C)(C)Oc2cc(C(F)(F)F)c(C)cc21. The minimum absolute atomic E-state index is 0.0164. The maximum Gasteiger partial charge on any atom is 0.416 e. The molecule has 0 saturated heterocycles. The lowest BCUT2D eigenvalue weighted by atomic mass is 9.96. The van der Waals surface area contributed by atoms with Crippen molar-refractivity contribution >= 4 is 115 Å². The van der Waals surface area contributed by atoms with E-state index in [2.05, 4.69) is 86.6 Å². The van der Waals surface area contributed by atoms with Crippen molar-refractivity contribution in [2.45, 2.75) is 283 Å². The lowest BCUT2D eigenvalue weighted by Crippen LogP contribution is -2.54. The Morgan fingerprint density at radius 3 is 1.28 bits per heavy atom. The van der Waals surface area contributed by atoms with Gasteiger partial charge in [-0.25, -0.2) is 4.79 Å². The van der Waals surface area contributed by atoms with Gasteiger partial charge in [-0.3, -0.25) is 28.8 Å². The van der Waals surface area contributed by atoms with Gasteiger partial charge in [0.2, 0.25) is 0 Å². The molecule has 6 aromatic carbocycles. The number of amides is 7. The standard InChI is InChI=1S/C18H24N2O2.C16H19F3N2O4.C16H23NO2.C15H20BrNO2.2C15H20ClNO2/c1-5-7-8-9-20-15-10-13(3)14(12-19)11-16(15)22-18(4,6-2)17(20)21;1-9-7-11-12(8-10(9)16(17,18)19)25-15(2,3)13(22)21(11)6-5-20-14(23)24-4;1-5-6-7-8-17-14-9-11(2)12(3)10-15(14)19-13(4)16(17)18;2*1-4-5-6-7-17-13-8-10(2)12(16)9-14(13)19-11(3)15(17)18;1-4-6-7-17-12-8-10(3)11(16)9-14(12)19-13(5-2)15(17)18/h10-11H,5-9H2,1-4H3;7-8H,5-6H2,1-4H3,(H,20,23);9-10,13H,5-8H2,1-4H3;2*8-9,11H,4-7H2,1-3H3;8-9,13H,4-7H2,1-3H3. The number of anilines is 6. The highest BCUT2D eigenvalue weighted by molar-refractivity contribution is 9.10. The first kappa shape index (κ1) is 101. The second kappa shape index (κ2) is 45.4. The first-order valence-electron chi connectivity index (χ1n) is 43.2. The number of nitriles is 1. The van der Waals surface area contributed by atoms with Crippen molar-refractivity contribution in [2.75, 3.05) is 82.3 Å². The summed E-state index contributed by atoms with van der Waals surface area (Å²) < 4.78 is 79.1. The van der Waals surface area contributed by atoms with Crippen LogP contribution in [0.25, 0.3) is 0 Å². The van der Waals surface area contributed by atoms with Crippen LogP contribution in [0.15, 0.2) is 77.3 Å². The number of carbonyl (C=O) groups excluding carboxylic acids is 7. The van der Waals surface area contributed by atoms with Gasteiger partial charge in [-0.2, -0.15) is 18.4 Å². The quantitative estimate of drug-likeness (QED) is 0.0554. The highest BCUT2D eigenvalue weighted by atomic mass is 79.9. The molecule has 0 spiro atoms. The minimum Gasteiger partial charge on any atom is -0.479 e. The molecule has 0 saturated carbocycles. The third kappa shape index (κ3) is 25.2. The summed E-state index contributed by atoms with van der Waals surface area (Å²) in [6.45, 7) is 42.0. The lowest BCUT2D eigenvalue weighted by Gasteiger charge is -2.40. The lowest BCUT2D eigenvalue weighted by molar-refractivity contribution is -0.138. The van der Waals surface area contributed by atoms with Gasteiger partial charge in [0.15, 0.2) is 35.6 Å². The van der Waals surface area contributed by atoms with Crippen LogP contribution < -0.4 is 63.1 Å². The van der Waals surface area contributed by atoms with E-state index < -0.39 is 47.2 Å². The molecule has 672 valence electrons. The molecule has 12 rings (SSSR count). The number of methoxy groups -OCH3 is 1. The monoisotopic (exact) mass is 1810 g/mol. The predicted molar refractivity (Wildman–Crippen MR) is 486 cm³/mol. The maximum atomic E-state index is 13.1. The van der Waals surface area contributed by atoms with E-state index >= 15 is 0 Å². The average Bonchev–Trinajstić information content (AvgIpc) is 0.754. The van der Waals surface area contributed by atoms with E-state index in [1.807, 2.05) is 135 Å². The Hall–Kier alpha value is -9.45. The van der Waals surface area contributed by atoms with Crippen LogP contribution in [0.2, 0.25) is 10.0 Å². The fraction of sp³-hybridized carbons (Fsp3) is 0.537. The van der Waals surface area contributed by atoms with Crippen molar-refractivity contribution in [3.05, 3.63) is 137 Å². The highest BCUT2D eigenvalue weighted by Crippen LogP contribution is 2.47. The molecule has 123 heavy (non-hydrogen) atoms. The molecule has 0 radical (unpaired) electrons. The number of rotatable bonds is 24. The smallest absolute Gasteiger partial charge is 0.416 e. The summed E-state index contributed by atoms with van der Waals surface area (Å²) in [4.78, 5) is 96.3. The summed E-state index contributed by atoms with van der Waals surface area (Å²) in [5.41, 5.74) is 8.48. The summed E-state index contributed by atoms with van der Waals surface area (Å²) in [6.07, 6.45) is 9.68. The Morgan fingerprint density at radius 2 is 0.837 bits per heavy atom. The summed E-state index contributed by atoms with van der Waals surface area (Å²) in [5, 5.41) is 13.0. The summed E-state index contributed by atoms with van der Waals surface area (Å²) in [6, 6.07) is 23.6. The van der Waals surface area contributed by atoms with Crippen molar-refractivity contribution < 1.29 is 79.9 Å². The van der Waals surface area contributed by atoms with Crippen LogP contribution in [-0.4, -0.2) is 130 Å². The number of nitrogens with one attached hydrogen (secondary N) is 1. The van der Waals surface area contributed by atoms with Gasteiger partial charge in [0.25, 0.3) is 35.4 Å². The van der Waals surface area contributed by atoms with E-state index in [9.17, 15) is 52.0 Å². The number of hydrogen-bond acceptors (Lipinski definition) is 15. The molecular formula is C95H126BrCl2F3N8O14. The maximum absolute atomic E-state index is 13.1. The number of ether oxygens (including phenoxy) is 7. The molecule has 6 aromatic rings. The summed E-state index contributed by atoms with van der Waals surface area (Å²) >= 11 is 15.8. The van der Waals surface area contributed by atoms with Crippen LogP contribution in [0.3, 0.4) is 0 Å². The molecule has 5 atom stereocenters. The van der Waals surface area contributed by atoms with Crippen LogP contribution >= 0.6 is 39.1 Å². The van der Waals surface area contributed by atoms with Gasteiger partial charge in [-0.05, 0) is 228 Å². The van der Waals surface area contributed by atoms with Gasteiger partial charge in [-0.1, -0.05) is 145 Å². The third-order valence-corrected chi connectivity index (χ3v) is 24.0. The van der Waals surface area contributed by atoms with E-state index in [0.29, 0.717) is 46.5 Å². The van der Waals surface area contributed by atoms with Gasteiger partial charge >= 0.3 is 12.3 Å². The Bertz CT molecular complexity index is 4580. The summed E-state index contributed by atoms with van der Waals surface area (Å²) in [5.74, 6) is 3.51. The van der Waals surface area contributed by atoms with Gasteiger partial charge in [0.05, 0.1) is 58.4 Å². The van der Waals surface area contributed by atoms with Crippen molar-refractivity contribution in [3.8, 4) is 40.6 Å². The zero-order valence-electron chi connectivity index (χ0n) is 75.6. The van der Waals surface area contributed by atoms with Crippen LogP contribution in [0.4, 0.5) is 52.1 Å². The zero-order valence-corrected chi connectivity index (χ0v) is 78.7. The average molecular weight is 1810 g/mol. The first-order chi connectivity index (χ1) is 58.1.